The Kier molecular flexibility index (Phi) is 3.17. The van der Waals surface area contributed by atoms with E-state index >= 15 is 0 Å². The number of aromatic nitrogens is 1. The molecule has 0 amide bonds. The Labute approximate surface area is 79.7 Å². The number of aryl methyl sites for hydroxylation is 1. The summed E-state index contributed by atoms with van der Waals surface area (Å²) in [6.45, 7) is 1.54. The number of pyridine rings is 1. The molecule has 0 saturated carbocycles. The van der Waals surface area contributed by atoms with Crippen LogP contribution in [0.1, 0.15) is 23.2 Å². The molecule has 0 bridgehead atoms. The van der Waals surface area contributed by atoms with Crippen molar-refractivity contribution in [3.05, 3.63) is 28.0 Å². The SMILES string of the molecule is Cc1nc(Cl)cc(CN)c1C(F)F. The zero-order valence-corrected chi connectivity index (χ0v) is 7.78. The van der Waals surface area contributed by atoms with Crippen molar-refractivity contribution < 1.29 is 8.78 Å². The summed E-state index contributed by atoms with van der Waals surface area (Å²) < 4.78 is 24.9. The van der Waals surface area contributed by atoms with Crippen LogP contribution in [-0.2, 0) is 6.54 Å². The normalized spacial score (nSPS) is 10.9. The average molecular weight is 207 g/mol. The number of nitrogens with two attached hydrogens (primary N) is 1. The van der Waals surface area contributed by atoms with Gasteiger partial charge >= 0.3 is 0 Å². The smallest absolute Gasteiger partial charge is 0.265 e. The molecule has 1 rings (SSSR count). The molecule has 1 heterocycles. The average Bonchev–Trinajstić information content (AvgIpc) is 2.01. The van der Waals surface area contributed by atoms with E-state index in [1.165, 1.54) is 13.0 Å². The van der Waals surface area contributed by atoms with Crippen molar-refractivity contribution in [2.75, 3.05) is 0 Å². The Bertz CT molecular complexity index is 315. The molecule has 1 aromatic heterocycles. The van der Waals surface area contributed by atoms with Crippen LogP contribution < -0.4 is 5.73 Å². The summed E-state index contributed by atoms with van der Waals surface area (Å²) in [6, 6.07) is 1.37. The molecule has 0 aliphatic rings. The summed E-state index contributed by atoms with van der Waals surface area (Å²) >= 11 is 5.59. The minimum Gasteiger partial charge on any atom is -0.326 e. The van der Waals surface area contributed by atoms with E-state index in [1.807, 2.05) is 0 Å². The van der Waals surface area contributed by atoms with E-state index in [-0.39, 0.29) is 23.0 Å². The first-order valence-electron chi connectivity index (χ1n) is 3.70. The molecule has 1 aromatic rings. The third kappa shape index (κ3) is 2.14. The van der Waals surface area contributed by atoms with Gasteiger partial charge in [-0.1, -0.05) is 11.6 Å². The molecule has 72 valence electrons. The van der Waals surface area contributed by atoms with Gasteiger partial charge in [-0.05, 0) is 18.6 Å². The molecular weight excluding hydrogens is 198 g/mol. The summed E-state index contributed by atoms with van der Waals surface area (Å²) in [7, 11) is 0. The van der Waals surface area contributed by atoms with Crippen LogP contribution in [0.2, 0.25) is 5.15 Å². The van der Waals surface area contributed by atoms with Crippen LogP contribution in [0.5, 0.6) is 0 Å². The second-order valence-corrected chi connectivity index (χ2v) is 3.00. The first kappa shape index (κ1) is 10.3. The van der Waals surface area contributed by atoms with Crippen molar-refractivity contribution >= 4 is 11.6 Å². The lowest BCUT2D eigenvalue weighted by Crippen LogP contribution is -2.05. The van der Waals surface area contributed by atoms with Gasteiger partial charge in [-0.15, -0.1) is 0 Å². The van der Waals surface area contributed by atoms with Crippen LogP contribution in [0.15, 0.2) is 6.07 Å². The Hall–Kier alpha value is -0.740. The van der Waals surface area contributed by atoms with Crippen LogP contribution in [0, 0.1) is 6.92 Å². The summed E-state index contributed by atoms with van der Waals surface area (Å²) in [6.07, 6.45) is -2.55. The summed E-state index contributed by atoms with van der Waals surface area (Å²) in [5, 5.41) is 0.197. The Morgan fingerprint density at radius 2 is 2.23 bits per heavy atom. The first-order chi connectivity index (χ1) is 6.06. The molecule has 13 heavy (non-hydrogen) atoms. The molecule has 0 radical (unpaired) electrons. The highest BCUT2D eigenvalue weighted by atomic mass is 35.5. The van der Waals surface area contributed by atoms with E-state index in [1.54, 1.807) is 0 Å². The van der Waals surface area contributed by atoms with Gasteiger partial charge in [0, 0.05) is 17.8 Å². The molecule has 0 aromatic carbocycles. The summed E-state index contributed by atoms with van der Waals surface area (Å²) in [5.74, 6) is 0. The molecule has 0 aliphatic heterocycles. The van der Waals surface area contributed by atoms with Crippen LogP contribution in [0.3, 0.4) is 0 Å². The molecule has 2 N–H and O–H groups in total. The molecular formula is C8H9ClF2N2. The quantitative estimate of drug-likeness (QED) is 0.755. The van der Waals surface area contributed by atoms with Gasteiger partial charge in [0.1, 0.15) is 5.15 Å². The van der Waals surface area contributed by atoms with Gasteiger partial charge in [0.25, 0.3) is 6.43 Å². The molecule has 0 fully saturated rings. The summed E-state index contributed by atoms with van der Waals surface area (Å²) in [4.78, 5) is 3.73. The largest absolute Gasteiger partial charge is 0.326 e. The zero-order chi connectivity index (χ0) is 10.0. The van der Waals surface area contributed by atoms with E-state index < -0.39 is 6.43 Å². The molecule has 0 atom stereocenters. The predicted octanol–water partition coefficient (Wildman–Crippen LogP) is 2.44. The lowest BCUT2D eigenvalue weighted by molar-refractivity contribution is 0.149. The van der Waals surface area contributed by atoms with Crippen molar-refractivity contribution in [3.8, 4) is 0 Å². The maximum Gasteiger partial charge on any atom is 0.265 e. The molecule has 0 spiro atoms. The first-order valence-corrected chi connectivity index (χ1v) is 4.08. The fourth-order valence-electron chi connectivity index (χ4n) is 1.17. The van der Waals surface area contributed by atoms with Gasteiger partial charge in [0.05, 0.1) is 0 Å². The van der Waals surface area contributed by atoms with Crippen molar-refractivity contribution in [2.24, 2.45) is 5.73 Å². The van der Waals surface area contributed by atoms with Crippen molar-refractivity contribution in [1.82, 2.24) is 4.98 Å². The maximum absolute atomic E-state index is 12.5. The Morgan fingerprint density at radius 1 is 1.62 bits per heavy atom. The second kappa shape index (κ2) is 3.98. The van der Waals surface area contributed by atoms with Gasteiger partial charge < -0.3 is 5.73 Å². The van der Waals surface area contributed by atoms with Gasteiger partial charge in [0.2, 0.25) is 0 Å². The predicted molar refractivity (Wildman–Crippen MR) is 46.8 cm³/mol. The molecule has 2 nitrogen and oxygen atoms in total. The molecule has 0 saturated heterocycles. The number of rotatable bonds is 2. The van der Waals surface area contributed by atoms with E-state index in [9.17, 15) is 8.78 Å². The minimum absolute atomic E-state index is 0.0444. The highest BCUT2D eigenvalue weighted by Crippen LogP contribution is 2.26. The van der Waals surface area contributed by atoms with Gasteiger partial charge in [0.15, 0.2) is 0 Å². The van der Waals surface area contributed by atoms with E-state index in [4.69, 9.17) is 17.3 Å². The number of halogens is 3. The van der Waals surface area contributed by atoms with Gasteiger partial charge in [-0.2, -0.15) is 0 Å². The Morgan fingerprint density at radius 3 is 2.69 bits per heavy atom. The number of alkyl halides is 2. The monoisotopic (exact) mass is 206 g/mol. The third-order valence-corrected chi connectivity index (χ3v) is 1.94. The lowest BCUT2D eigenvalue weighted by Gasteiger charge is -2.09. The molecule has 0 aliphatic carbocycles. The molecule has 0 unspecified atom stereocenters. The van der Waals surface area contributed by atoms with Crippen LogP contribution in [0.4, 0.5) is 8.78 Å². The highest BCUT2D eigenvalue weighted by molar-refractivity contribution is 6.29. The van der Waals surface area contributed by atoms with E-state index in [0.29, 0.717) is 5.56 Å². The number of nitrogens with zero attached hydrogens (tertiary/aromatic N) is 1. The number of hydrogen-bond donors (Lipinski definition) is 1. The van der Waals surface area contributed by atoms with Crippen LogP contribution in [0.25, 0.3) is 0 Å². The summed E-state index contributed by atoms with van der Waals surface area (Å²) in [5.41, 5.74) is 5.79. The van der Waals surface area contributed by atoms with Crippen molar-refractivity contribution in [3.63, 3.8) is 0 Å². The van der Waals surface area contributed by atoms with Crippen LogP contribution >= 0.6 is 11.6 Å². The van der Waals surface area contributed by atoms with Gasteiger partial charge in [-0.25, -0.2) is 13.8 Å². The van der Waals surface area contributed by atoms with Gasteiger partial charge in [-0.3, -0.25) is 0 Å². The van der Waals surface area contributed by atoms with E-state index in [0.717, 1.165) is 0 Å². The second-order valence-electron chi connectivity index (χ2n) is 2.61. The fraction of sp³-hybridized carbons (Fsp3) is 0.375. The Balaban J connectivity index is 3.30. The topological polar surface area (TPSA) is 38.9 Å². The van der Waals surface area contributed by atoms with Crippen molar-refractivity contribution in [2.45, 2.75) is 19.9 Å². The fourth-order valence-corrected chi connectivity index (χ4v) is 1.43. The standard InChI is InChI=1S/C8H9ClF2N2/c1-4-7(8(10)11)5(3-12)2-6(9)13-4/h2,8H,3,12H2,1H3. The van der Waals surface area contributed by atoms with Crippen molar-refractivity contribution in [1.29, 1.82) is 0 Å². The lowest BCUT2D eigenvalue weighted by atomic mass is 10.1. The van der Waals surface area contributed by atoms with E-state index in [2.05, 4.69) is 4.98 Å². The minimum atomic E-state index is -2.55. The van der Waals surface area contributed by atoms with Crippen LogP contribution in [-0.4, -0.2) is 4.98 Å². The highest BCUT2D eigenvalue weighted by Gasteiger charge is 2.16. The third-order valence-electron chi connectivity index (χ3n) is 1.74. The molecule has 5 heteroatoms. The maximum atomic E-state index is 12.5. The number of hydrogen-bond acceptors (Lipinski definition) is 2. The zero-order valence-electron chi connectivity index (χ0n) is 7.02.